The summed E-state index contributed by atoms with van der Waals surface area (Å²) in [5, 5.41) is 7.06. The number of methoxy groups -OCH3 is 1. The van der Waals surface area contributed by atoms with Gasteiger partial charge in [0.15, 0.2) is 5.82 Å². The fraction of sp³-hybridized carbons (Fsp3) is 0.214. The number of aromatic nitrogens is 3. The third kappa shape index (κ3) is 5.51. The molecule has 0 unspecified atom stereocenters. The molecule has 4 aromatic rings. The predicted molar refractivity (Wildman–Crippen MR) is 151 cm³/mol. The number of hydrogen-bond acceptors (Lipinski definition) is 7. The number of benzene rings is 3. The van der Waals surface area contributed by atoms with Gasteiger partial charge in [0.05, 0.1) is 7.11 Å². The first kappa shape index (κ1) is 25.8. The molecular formula is C28H26Cl2N6O2. The molecular weight excluding hydrogens is 523 g/mol. The standard InChI is InChI=1S/C28H26Cl2N6O2/c1-31-27-33-25(17-6-10-22(38-2)11-7-17)34-28(35-27)36-13-3-4-18-14-19(8-12-24(18)36)26(37)32-16-20-5-9-21(29)15-23(20)30/h5-12,14-15H,3-4,13,16H2,1-2H3,(H,32,37)(H,31,33,34,35). The zero-order chi connectivity index (χ0) is 26.6. The molecule has 0 aliphatic carbocycles. The van der Waals surface area contributed by atoms with Crippen LogP contribution in [0.1, 0.15) is 27.9 Å². The number of carbonyl (C=O) groups excluding carboxylic acids is 1. The second kappa shape index (κ2) is 11.2. The van der Waals surface area contributed by atoms with Crippen molar-refractivity contribution in [2.45, 2.75) is 19.4 Å². The van der Waals surface area contributed by atoms with Gasteiger partial charge in [-0.2, -0.15) is 15.0 Å². The molecule has 0 fully saturated rings. The summed E-state index contributed by atoms with van der Waals surface area (Å²) in [6, 6.07) is 18.5. The summed E-state index contributed by atoms with van der Waals surface area (Å²) in [7, 11) is 3.41. The van der Waals surface area contributed by atoms with E-state index in [0.717, 1.165) is 47.5 Å². The van der Waals surface area contributed by atoms with Crippen LogP contribution in [0.2, 0.25) is 10.0 Å². The highest BCUT2D eigenvalue weighted by molar-refractivity contribution is 6.35. The highest BCUT2D eigenvalue weighted by Crippen LogP contribution is 2.34. The van der Waals surface area contributed by atoms with E-state index in [2.05, 4.69) is 25.5 Å². The smallest absolute Gasteiger partial charge is 0.251 e. The van der Waals surface area contributed by atoms with Gasteiger partial charge in [-0.1, -0.05) is 29.3 Å². The maximum atomic E-state index is 12.9. The second-order valence-electron chi connectivity index (χ2n) is 8.78. The van der Waals surface area contributed by atoms with Crippen molar-refractivity contribution < 1.29 is 9.53 Å². The van der Waals surface area contributed by atoms with Crippen molar-refractivity contribution in [2.75, 3.05) is 30.9 Å². The minimum absolute atomic E-state index is 0.171. The summed E-state index contributed by atoms with van der Waals surface area (Å²) >= 11 is 12.2. The summed E-state index contributed by atoms with van der Waals surface area (Å²) in [6.07, 6.45) is 1.75. The first-order valence-corrected chi connectivity index (χ1v) is 12.9. The highest BCUT2D eigenvalue weighted by atomic mass is 35.5. The lowest BCUT2D eigenvalue weighted by atomic mass is 9.99. The molecule has 0 saturated heterocycles. The fourth-order valence-electron chi connectivity index (χ4n) is 4.36. The summed E-state index contributed by atoms with van der Waals surface area (Å²) in [5.74, 6) is 2.18. The number of carbonyl (C=O) groups is 1. The normalized spacial score (nSPS) is 12.6. The van der Waals surface area contributed by atoms with Crippen molar-refractivity contribution in [1.82, 2.24) is 20.3 Å². The van der Waals surface area contributed by atoms with Crippen molar-refractivity contribution in [3.05, 3.63) is 87.4 Å². The van der Waals surface area contributed by atoms with Gasteiger partial charge in [-0.15, -0.1) is 0 Å². The van der Waals surface area contributed by atoms with Crippen LogP contribution in [0.25, 0.3) is 11.4 Å². The molecule has 1 aliphatic heterocycles. The molecule has 5 rings (SSSR count). The number of amides is 1. The van der Waals surface area contributed by atoms with Crippen molar-refractivity contribution in [1.29, 1.82) is 0 Å². The number of aryl methyl sites for hydroxylation is 1. The molecule has 8 nitrogen and oxygen atoms in total. The number of anilines is 3. The molecule has 0 atom stereocenters. The summed E-state index contributed by atoms with van der Waals surface area (Å²) in [5.41, 5.74) is 4.28. The van der Waals surface area contributed by atoms with E-state index in [1.165, 1.54) is 0 Å². The number of fused-ring (bicyclic) bond motifs is 1. The molecule has 38 heavy (non-hydrogen) atoms. The number of rotatable bonds is 7. The van der Waals surface area contributed by atoms with Crippen LogP contribution in [-0.2, 0) is 13.0 Å². The average Bonchev–Trinajstić information content (AvgIpc) is 2.95. The number of halogens is 2. The van der Waals surface area contributed by atoms with Gasteiger partial charge in [-0.05, 0) is 78.6 Å². The predicted octanol–water partition coefficient (Wildman–Crippen LogP) is 5.91. The Kier molecular flexibility index (Phi) is 7.62. The van der Waals surface area contributed by atoms with Crippen LogP contribution in [0.3, 0.4) is 0 Å². The summed E-state index contributed by atoms with van der Waals surface area (Å²) in [4.78, 5) is 29.0. The molecule has 2 N–H and O–H groups in total. The van der Waals surface area contributed by atoms with Gasteiger partial charge >= 0.3 is 0 Å². The van der Waals surface area contributed by atoms with Gasteiger partial charge < -0.3 is 20.3 Å². The lowest BCUT2D eigenvalue weighted by Gasteiger charge is -2.30. The Bertz CT molecular complexity index is 1480. The first-order chi connectivity index (χ1) is 18.4. The Morgan fingerprint density at radius 2 is 1.84 bits per heavy atom. The topological polar surface area (TPSA) is 92.3 Å². The Morgan fingerprint density at radius 3 is 2.58 bits per heavy atom. The second-order valence-corrected chi connectivity index (χ2v) is 9.62. The molecule has 0 bridgehead atoms. The van der Waals surface area contributed by atoms with E-state index in [1.807, 2.05) is 48.5 Å². The van der Waals surface area contributed by atoms with Crippen LogP contribution in [0.5, 0.6) is 5.75 Å². The van der Waals surface area contributed by atoms with Crippen molar-refractivity contribution in [3.63, 3.8) is 0 Å². The van der Waals surface area contributed by atoms with Gasteiger partial charge in [-0.25, -0.2) is 0 Å². The van der Waals surface area contributed by atoms with Gasteiger partial charge in [0.1, 0.15) is 5.75 Å². The zero-order valence-electron chi connectivity index (χ0n) is 21.0. The zero-order valence-corrected chi connectivity index (χ0v) is 22.5. The molecule has 1 aliphatic rings. The van der Waals surface area contributed by atoms with Crippen LogP contribution < -0.4 is 20.3 Å². The average molecular weight is 549 g/mol. The van der Waals surface area contributed by atoms with Crippen molar-refractivity contribution in [2.24, 2.45) is 0 Å². The Morgan fingerprint density at radius 1 is 1.03 bits per heavy atom. The van der Waals surface area contributed by atoms with Crippen LogP contribution in [-0.4, -0.2) is 41.6 Å². The van der Waals surface area contributed by atoms with E-state index in [0.29, 0.717) is 39.9 Å². The minimum atomic E-state index is -0.171. The van der Waals surface area contributed by atoms with Crippen LogP contribution >= 0.6 is 23.2 Å². The summed E-state index contributed by atoms with van der Waals surface area (Å²) < 4.78 is 5.27. The number of nitrogens with zero attached hydrogens (tertiary/aromatic N) is 4. The van der Waals surface area contributed by atoms with Crippen LogP contribution in [0.4, 0.5) is 17.6 Å². The largest absolute Gasteiger partial charge is 0.497 e. The Hall–Kier alpha value is -3.88. The Balaban J connectivity index is 1.39. The quantitative estimate of drug-likeness (QED) is 0.296. The van der Waals surface area contributed by atoms with E-state index in [1.54, 1.807) is 26.3 Å². The molecule has 194 valence electrons. The monoisotopic (exact) mass is 548 g/mol. The van der Waals surface area contributed by atoms with E-state index in [-0.39, 0.29) is 5.91 Å². The van der Waals surface area contributed by atoms with E-state index in [4.69, 9.17) is 32.9 Å². The molecule has 0 saturated carbocycles. The summed E-state index contributed by atoms with van der Waals surface area (Å²) in [6.45, 7) is 1.06. The third-order valence-electron chi connectivity index (χ3n) is 6.35. The van der Waals surface area contributed by atoms with Gasteiger partial charge in [-0.3, -0.25) is 4.79 Å². The molecule has 0 radical (unpaired) electrons. The van der Waals surface area contributed by atoms with Crippen LogP contribution in [0.15, 0.2) is 60.7 Å². The molecule has 2 heterocycles. The molecule has 10 heteroatoms. The maximum Gasteiger partial charge on any atom is 0.251 e. The van der Waals surface area contributed by atoms with Crippen molar-refractivity contribution >= 4 is 46.7 Å². The molecule has 1 aromatic heterocycles. The number of nitrogens with one attached hydrogen (secondary N) is 2. The number of ether oxygens (including phenoxy) is 1. The molecule has 0 spiro atoms. The molecule has 1 amide bonds. The van der Waals surface area contributed by atoms with Gasteiger partial charge in [0, 0.05) is 47.0 Å². The van der Waals surface area contributed by atoms with E-state index >= 15 is 0 Å². The SMILES string of the molecule is CNc1nc(-c2ccc(OC)cc2)nc(N2CCCc3cc(C(=O)NCc4ccc(Cl)cc4Cl)ccc32)n1. The third-order valence-corrected chi connectivity index (χ3v) is 6.94. The van der Waals surface area contributed by atoms with Crippen LogP contribution in [0, 0.1) is 0 Å². The van der Waals surface area contributed by atoms with Gasteiger partial charge in [0.25, 0.3) is 5.91 Å². The van der Waals surface area contributed by atoms with E-state index < -0.39 is 0 Å². The molecule has 3 aromatic carbocycles. The lowest BCUT2D eigenvalue weighted by Crippen LogP contribution is -2.28. The van der Waals surface area contributed by atoms with Crippen molar-refractivity contribution in [3.8, 4) is 17.1 Å². The Labute approximate surface area is 231 Å². The van der Waals surface area contributed by atoms with Gasteiger partial charge in [0.2, 0.25) is 11.9 Å². The van der Waals surface area contributed by atoms with E-state index in [9.17, 15) is 4.79 Å². The minimum Gasteiger partial charge on any atom is -0.497 e. The highest BCUT2D eigenvalue weighted by Gasteiger charge is 2.23. The lowest BCUT2D eigenvalue weighted by molar-refractivity contribution is 0.0951. The fourth-order valence-corrected chi connectivity index (χ4v) is 4.83. The number of hydrogen-bond donors (Lipinski definition) is 2. The first-order valence-electron chi connectivity index (χ1n) is 12.2. The maximum absolute atomic E-state index is 12.9.